The molecule has 2 N–H and O–H groups in total. The van der Waals surface area contributed by atoms with Crippen LogP contribution in [0.2, 0.25) is 0 Å². The lowest BCUT2D eigenvalue weighted by Crippen LogP contribution is -2.45. The second kappa shape index (κ2) is 7.17. The molecule has 1 aromatic carbocycles. The average molecular weight is 330 g/mol. The monoisotopic (exact) mass is 330 g/mol. The summed E-state index contributed by atoms with van der Waals surface area (Å²) in [7, 11) is -3.73. The molecular formula is C14H19FN2O4S. The number of nitrogens with zero attached hydrogens (tertiary/aromatic N) is 1. The van der Waals surface area contributed by atoms with Crippen molar-refractivity contribution in [3.63, 3.8) is 0 Å². The van der Waals surface area contributed by atoms with Crippen LogP contribution in [0.3, 0.4) is 0 Å². The fraction of sp³-hybridized carbons (Fsp3) is 0.500. The van der Waals surface area contributed by atoms with Gasteiger partial charge in [0, 0.05) is 19.6 Å². The normalized spacial score (nSPS) is 19.8. The van der Waals surface area contributed by atoms with E-state index in [1.807, 2.05) is 0 Å². The lowest BCUT2D eigenvalue weighted by molar-refractivity contribution is -0.126. The number of benzene rings is 1. The number of aliphatic hydroxyl groups excluding tert-OH is 1. The minimum atomic E-state index is -3.73. The first-order valence-electron chi connectivity index (χ1n) is 7.09. The predicted octanol–water partition coefficient (Wildman–Crippen LogP) is 0.335. The van der Waals surface area contributed by atoms with Crippen molar-refractivity contribution in [2.24, 2.45) is 5.92 Å². The Morgan fingerprint density at radius 1 is 1.36 bits per heavy atom. The highest BCUT2D eigenvalue weighted by molar-refractivity contribution is 7.89. The van der Waals surface area contributed by atoms with Crippen LogP contribution in [-0.4, -0.2) is 50.0 Å². The van der Waals surface area contributed by atoms with Gasteiger partial charge in [-0.05, 0) is 37.1 Å². The molecule has 1 fully saturated rings. The number of amides is 1. The summed E-state index contributed by atoms with van der Waals surface area (Å²) in [5.74, 6) is -1.19. The minimum Gasteiger partial charge on any atom is -0.395 e. The molecule has 1 amide bonds. The van der Waals surface area contributed by atoms with E-state index in [0.29, 0.717) is 19.4 Å². The van der Waals surface area contributed by atoms with Gasteiger partial charge in [-0.15, -0.1) is 0 Å². The van der Waals surface area contributed by atoms with E-state index in [2.05, 4.69) is 5.32 Å². The number of piperidine rings is 1. The average Bonchev–Trinajstić information content (AvgIpc) is 2.53. The van der Waals surface area contributed by atoms with Crippen molar-refractivity contribution in [2.45, 2.75) is 17.7 Å². The highest BCUT2D eigenvalue weighted by Gasteiger charge is 2.33. The topological polar surface area (TPSA) is 86.7 Å². The molecule has 1 atom stereocenters. The molecule has 0 aliphatic carbocycles. The smallest absolute Gasteiger partial charge is 0.243 e. The maximum Gasteiger partial charge on any atom is 0.243 e. The van der Waals surface area contributed by atoms with E-state index in [1.54, 1.807) is 0 Å². The Morgan fingerprint density at radius 2 is 2.05 bits per heavy atom. The Hall–Kier alpha value is -1.51. The van der Waals surface area contributed by atoms with Crippen molar-refractivity contribution in [3.8, 4) is 0 Å². The first-order valence-corrected chi connectivity index (χ1v) is 8.53. The lowest BCUT2D eigenvalue weighted by Gasteiger charge is -2.31. The summed E-state index contributed by atoms with van der Waals surface area (Å²) in [5.41, 5.74) is 0. The molecule has 22 heavy (non-hydrogen) atoms. The zero-order valence-corrected chi connectivity index (χ0v) is 12.9. The first-order chi connectivity index (χ1) is 10.4. The number of carbonyl (C=O) groups is 1. The van der Waals surface area contributed by atoms with Crippen LogP contribution in [0, 0.1) is 11.7 Å². The molecule has 0 bridgehead atoms. The van der Waals surface area contributed by atoms with Crippen LogP contribution in [0.25, 0.3) is 0 Å². The first kappa shape index (κ1) is 16.9. The molecule has 1 aromatic rings. The van der Waals surface area contributed by atoms with Crippen LogP contribution < -0.4 is 5.32 Å². The van der Waals surface area contributed by atoms with E-state index in [-0.39, 0.29) is 30.5 Å². The molecule has 0 aromatic heterocycles. The summed E-state index contributed by atoms with van der Waals surface area (Å²) in [6, 6.07) is 4.64. The number of halogens is 1. The summed E-state index contributed by atoms with van der Waals surface area (Å²) in [6.45, 7) is 0.427. The summed E-state index contributed by atoms with van der Waals surface area (Å²) >= 11 is 0. The molecule has 122 valence electrons. The Morgan fingerprint density at radius 3 is 2.68 bits per heavy atom. The maximum absolute atomic E-state index is 12.9. The van der Waals surface area contributed by atoms with E-state index in [0.717, 1.165) is 12.1 Å². The van der Waals surface area contributed by atoms with Crippen molar-refractivity contribution < 1.29 is 22.7 Å². The number of carbonyl (C=O) groups excluding carboxylic acids is 1. The summed E-state index contributed by atoms with van der Waals surface area (Å²) in [4.78, 5) is 11.9. The van der Waals surface area contributed by atoms with Gasteiger partial charge in [-0.2, -0.15) is 4.31 Å². The van der Waals surface area contributed by atoms with Crippen LogP contribution in [0.5, 0.6) is 0 Å². The molecule has 6 nitrogen and oxygen atoms in total. The second-order valence-electron chi connectivity index (χ2n) is 5.17. The molecule has 1 aliphatic heterocycles. The van der Waals surface area contributed by atoms with Gasteiger partial charge in [-0.25, -0.2) is 12.8 Å². The van der Waals surface area contributed by atoms with Crippen molar-refractivity contribution in [1.29, 1.82) is 0 Å². The van der Waals surface area contributed by atoms with E-state index in [4.69, 9.17) is 5.11 Å². The molecule has 1 heterocycles. The molecule has 1 saturated heterocycles. The highest BCUT2D eigenvalue weighted by atomic mass is 32.2. The standard InChI is InChI=1S/C14H19FN2O4S/c15-12-3-5-13(6-4-12)22(20,21)17-8-1-2-11(10-17)14(19)16-7-9-18/h3-6,11,18H,1-2,7-10H2,(H,16,19)/t11-/m1/s1. The van der Waals surface area contributed by atoms with Crippen LogP contribution in [0.1, 0.15) is 12.8 Å². The van der Waals surface area contributed by atoms with Gasteiger partial charge in [0.05, 0.1) is 17.4 Å². The maximum atomic E-state index is 12.9. The molecule has 8 heteroatoms. The van der Waals surface area contributed by atoms with Gasteiger partial charge in [0.15, 0.2) is 0 Å². The van der Waals surface area contributed by atoms with Gasteiger partial charge < -0.3 is 10.4 Å². The largest absolute Gasteiger partial charge is 0.395 e. The third-order valence-electron chi connectivity index (χ3n) is 3.62. The number of nitrogens with one attached hydrogen (secondary N) is 1. The Balaban J connectivity index is 2.11. The third kappa shape index (κ3) is 3.82. The number of aliphatic hydroxyl groups is 1. The molecule has 1 aliphatic rings. The van der Waals surface area contributed by atoms with Gasteiger partial charge >= 0.3 is 0 Å². The molecular weight excluding hydrogens is 311 g/mol. The molecule has 2 rings (SSSR count). The van der Waals surface area contributed by atoms with Crippen molar-refractivity contribution >= 4 is 15.9 Å². The van der Waals surface area contributed by atoms with Gasteiger partial charge in [-0.3, -0.25) is 4.79 Å². The molecule has 0 unspecified atom stereocenters. The molecule has 0 saturated carbocycles. The van der Waals surface area contributed by atoms with Gasteiger partial charge in [0.25, 0.3) is 0 Å². The fourth-order valence-electron chi connectivity index (χ4n) is 2.45. The van der Waals surface area contributed by atoms with E-state index >= 15 is 0 Å². The van der Waals surface area contributed by atoms with Crippen LogP contribution >= 0.6 is 0 Å². The van der Waals surface area contributed by atoms with Crippen LogP contribution in [0.4, 0.5) is 4.39 Å². The Labute approximate surface area is 129 Å². The van der Waals surface area contributed by atoms with Crippen molar-refractivity contribution in [2.75, 3.05) is 26.2 Å². The quantitative estimate of drug-likeness (QED) is 0.815. The summed E-state index contributed by atoms with van der Waals surface area (Å²) in [5, 5.41) is 11.3. The molecule has 0 spiro atoms. The summed E-state index contributed by atoms with van der Waals surface area (Å²) < 4.78 is 39.2. The number of rotatable bonds is 5. The van der Waals surface area contributed by atoms with E-state index in [9.17, 15) is 17.6 Å². The minimum absolute atomic E-state index is 0.0188. The number of hydrogen-bond acceptors (Lipinski definition) is 4. The second-order valence-corrected chi connectivity index (χ2v) is 7.11. The fourth-order valence-corrected chi connectivity index (χ4v) is 3.98. The summed E-state index contributed by atoms with van der Waals surface area (Å²) in [6.07, 6.45) is 1.18. The lowest BCUT2D eigenvalue weighted by atomic mass is 9.99. The Bertz CT molecular complexity index is 618. The number of sulfonamides is 1. The predicted molar refractivity (Wildman–Crippen MR) is 78.0 cm³/mol. The third-order valence-corrected chi connectivity index (χ3v) is 5.50. The van der Waals surface area contributed by atoms with E-state index < -0.39 is 21.8 Å². The van der Waals surface area contributed by atoms with Crippen LogP contribution in [-0.2, 0) is 14.8 Å². The van der Waals surface area contributed by atoms with Gasteiger partial charge in [0.1, 0.15) is 5.82 Å². The zero-order valence-electron chi connectivity index (χ0n) is 12.0. The Kier molecular flexibility index (Phi) is 5.49. The number of hydrogen-bond donors (Lipinski definition) is 2. The van der Waals surface area contributed by atoms with Crippen LogP contribution in [0.15, 0.2) is 29.2 Å². The van der Waals surface area contributed by atoms with Gasteiger partial charge in [-0.1, -0.05) is 0 Å². The van der Waals surface area contributed by atoms with E-state index in [1.165, 1.54) is 16.4 Å². The zero-order chi connectivity index (χ0) is 16.2. The van der Waals surface area contributed by atoms with Crippen molar-refractivity contribution in [1.82, 2.24) is 9.62 Å². The van der Waals surface area contributed by atoms with Gasteiger partial charge in [0.2, 0.25) is 15.9 Å². The van der Waals surface area contributed by atoms with Crippen molar-refractivity contribution in [3.05, 3.63) is 30.1 Å². The molecule has 0 radical (unpaired) electrons. The highest BCUT2D eigenvalue weighted by Crippen LogP contribution is 2.24. The SMILES string of the molecule is O=C(NCCO)[C@@H]1CCCN(S(=O)(=O)c2ccc(F)cc2)C1.